The predicted molar refractivity (Wildman–Crippen MR) is 436 cm³/mol. The summed E-state index contributed by atoms with van der Waals surface area (Å²) in [5.74, 6) is -5.18. The molecule has 37 nitrogen and oxygen atoms in total. The average molecular weight is 1650 g/mol. The zero-order chi connectivity index (χ0) is 81.3. The van der Waals surface area contributed by atoms with E-state index in [4.69, 9.17) is 68.1 Å². The van der Waals surface area contributed by atoms with Gasteiger partial charge in [0.2, 0.25) is 35.4 Å². The number of rotatable bonds is 40. The molecule has 0 spiro atoms. The van der Waals surface area contributed by atoms with Crippen LogP contribution in [0.1, 0.15) is 100 Å². The molecule has 114 heavy (non-hydrogen) atoms. The molecule has 0 aliphatic rings. The molecule has 7 heterocycles. The van der Waals surface area contributed by atoms with Crippen LogP contribution in [0.2, 0.25) is 0 Å². The maximum absolute atomic E-state index is 14.4. The van der Waals surface area contributed by atoms with E-state index >= 15 is 0 Å². The van der Waals surface area contributed by atoms with Crippen LogP contribution in [-0.2, 0) is 48.2 Å². The first-order chi connectivity index (χ1) is 54.5. The molecule has 0 fully saturated rings. The summed E-state index contributed by atoms with van der Waals surface area (Å²) in [5, 5.41) is 18.1. The summed E-state index contributed by atoms with van der Waals surface area (Å²) in [4.78, 5) is 150. The first-order valence-corrected chi connectivity index (χ1v) is 36.7. The fourth-order valence-corrected chi connectivity index (χ4v) is 11.4. The van der Waals surface area contributed by atoms with Crippen molar-refractivity contribution in [1.82, 2.24) is 71.8 Å². The third-order valence-corrected chi connectivity index (χ3v) is 17.0. The van der Waals surface area contributed by atoms with Gasteiger partial charge in [0, 0.05) is 124 Å². The van der Waals surface area contributed by atoms with Crippen LogP contribution in [0, 0.1) is 0 Å². The molecule has 604 valence electrons. The maximum Gasteiger partial charge on any atom is 0.251 e. The molecule has 29 N–H and O–H groups in total. The topological polar surface area (TPSA) is 646 Å². The van der Waals surface area contributed by atoms with Gasteiger partial charge in [0.05, 0.1) is 44.8 Å². The van der Waals surface area contributed by atoms with Crippen molar-refractivity contribution in [1.29, 1.82) is 0 Å². The van der Waals surface area contributed by atoms with Crippen molar-refractivity contribution in [2.24, 2.45) is 88.0 Å². The van der Waals surface area contributed by atoms with Crippen LogP contribution in [0.15, 0.2) is 183 Å². The van der Waals surface area contributed by atoms with Crippen LogP contribution < -0.4 is 95.0 Å². The Hall–Kier alpha value is -13.4. The molecular weight excluding hydrogens is 1550 g/mol. The first kappa shape index (κ1) is 89.5. The van der Waals surface area contributed by atoms with Gasteiger partial charge in [0.15, 0.2) is 29.8 Å². The molecular formula is C76H100N30O7Ru. The predicted octanol–water partition coefficient (Wildman–Crippen LogP) is 1.08. The van der Waals surface area contributed by atoms with E-state index in [0.29, 0.717) is 37.2 Å². The molecule has 5 unspecified atom stereocenters. The van der Waals surface area contributed by atoms with E-state index in [0.717, 1.165) is 61.2 Å². The number of pyridine rings is 6. The third kappa shape index (κ3) is 30.8. The minimum Gasteiger partial charge on any atom is -0.370 e. The average Bonchev–Trinajstić information content (AvgIpc) is 1.68. The fraction of sp³-hybridized carbons (Fsp3) is 0.329. The second-order valence-electron chi connectivity index (χ2n) is 25.6. The third-order valence-electron chi connectivity index (χ3n) is 17.0. The SMILES string of the molecule is NC(=O)C(CCCN=C(N)N)NC(=O)C(CCCN=C(N)N)NC(=O)C(CCCN=C(N)N)NC(=O)C(CCCN=C(N)N)NC(=O)C(CCCN=C(N)N)NC(=O)CCCCCNC(=O)c1ccc(-c2nc3c4cccnc4c4ncccc4c3[nH]2)cc1.[Ru].c1ccc(-c2ccccn2)nc1.c1ccc(-c2ccccn2)nc1. The number of fused-ring (bicyclic) bond motifs is 6. The smallest absolute Gasteiger partial charge is 0.251 e. The number of primary amides is 1. The molecule has 9 aromatic rings. The van der Waals surface area contributed by atoms with E-state index in [-0.39, 0.29) is 159 Å². The monoisotopic (exact) mass is 1650 g/mol. The van der Waals surface area contributed by atoms with Gasteiger partial charge in [-0.1, -0.05) is 42.8 Å². The number of guanidine groups is 5. The van der Waals surface area contributed by atoms with Gasteiger partial charge in [0.25, 0.3) is 5.91 Å². The zero-order valence-electron chi connectivity index (χ0n) is 63.0. The number of nitrogens with one attached hydrogen (secondary N) is 7. The van der Waals surface area contributed by atoms with Gasteiger partial charge in [-0.15, -0.1) is 0 Å². The Bertz CT molecular complexity index is 4470. The van der Waals surface area contributed by atoms with Gasteiger partial charge < -0.3 is 100.0 Å². The molecule has 9 rings (SSSR count). The zero-order valence-corrected chi connectivity index (χ0v) is 64.7. The summed E-state index contributed by atoms with van der Waals surface area (Å²) in [6.07, 6.45) is 12.9. The van der Waals surface area contributed by atoms with E-state index in [1.165, 1.54) is 0 Å². The summed E-state index contributed by atoms with van der Waals surface area (Å²) in [6, 6.07) is 31.5. The largest absolute Gasteiger partial charge is 0.370 e. The molecule has 2 aromatic carbocycles. The van der Waals surface area contributed by atoms with Crippen molar-refractivity contribution in [3.8, 4) is 34.2 Å². The number of hydrogen-bond acceptors (Lipinski definition) is 19. The summed E-state index contributed by atoms with van der Waals surface area (Å²) >= 11 is 0. The van der Waals surface area contributed by atoms with Gasteiger partial charge in [-0.05, 0) is 162 Å². The quantitative estimate of drug-likeness (QED) is 0.00840. The molecule has 0 radical (unpaired) electrons. The molecule has 0 saturated heterocycles. The number of imidazole rings is 1. The van der Waals surface area contributed by atoms with Crippen LogP contribution in [0.5, 0.6) is 0 Å². The minimum atomic E-state index is -1.38. The van der Waals surface area contributed by atoms with Gasteiger partial charge in [-0.25, -0.2) is 4.98 Å². The second-order valence-corrected chi connectivity index (χ2v) is 25.6. The number of aliphatic imine (C=N–C) groups is 5. The van der Waals surface area contributed by atoms with Crippen molar-refractivity contribution >= 4 is 104 Å². The van der Waals surface area contributed by atoms with Gasteiger partial charge in [-0.3, -0.25) is 88.4 Å². The van der Waals surface area contributed by atoms with E-state index in [1.54, 1.807) is 49.3 Å². The van der Waals surface area contributed by atoms with Crippen LogP contribution in [0.25, 0.3) is 67.0 Å². The normalized spacial score (nSPS) is 11.9. The molecule has 5 atom stereocenters. The Morgan fingerprint density at radius 2 is 0.711 bits per heavy atom. The van der Waals surface area contributed by atoms with Crippen molar-refractivity contribution in [2.45, 2.75) is 120 Å². The minimum absolute atomic E-state index is 0. The number of unbranched alkanes of at least 4 members (excludes halogenated alkanes) is 2. The van der Waals surface area contributed by atoms with Crippen molar-refractivity contribution in [3.05, 3.63) is 164 Å². The summed E-state index contributed by atoms with van der Waals surface area (Å²) < 4.78 is 0. The molecule has 0 saturated carbocycles. The number of carbonyl (C=O) groups is 7. The van der Waals surface area contributed by atoms with Crippen LogP contribution in [-0.4, -0.2) is 180 Å². The summed E-state index contributed by atoms with van der Waals surface area (Å²) in [6.45, 7) is 0.729. The summed E-state index contributed by atoms with van der Waals surface area (Å²) in [7, 11) is 0. The number of aromatic amines is 1. The van der Waals surface area contributed by atoms with E-state index in [9.17, 15) is 33.6 Å². The molecule has 38 heteroatoms. The molecule has 0 aliphatic carbocycles. The fourth-order valence-electron chi connectivity index (χ4n) is 11.4. The first-order valence-electron chi connectivity index (χ1n) is 36.7. The van der Waals surface area contributed by atoms with Crippen LogP contribution >= 0.6 is 0 Å². The number of hydrogen-bond donors (Lipinski definition) is 18. The number of benzene rings is 2. The van der Waals surface area contributed by atoms with Gasteiger partial charge in [0.1, 0.15) is 36.0 Å². The Labute approximate surface area is 671 Å². The second kappa shape index (κ2) is 48.3. The number of amides is 7. The van der Waals surface area contributed by atoms with Crippen LogP contribution in [0.3, 0.4) is 0 Å². The molecule has 7 amide bonds. The van der Waals surface area contributed by atoms with Crippen LogP contribution in [0.4, 0.5) is 0 Å². The van der Waals surface area contributed by atoms with Crippen molar-refractivity contribution in [2.75, 3.05) is 39.3 Å². The molecule has 7 aromatic heterocycles. The molecule has 0 bridgehead atoms. The number of nitrogens with zero attached hydrogens (tertiary/aromatic N) is 12. The van der Waals surface area contributed by atoms with Crippen molar-refractivity contribution < 1.29 is 53.0 Å². The number of aromatic nitrogens is 8. The van der Waals surface area contributed by atoms with E-state index in [2.05, 4.69) is 91.8 Å². The number of carbonyl (C=O) groups excluding carboxylic acids is 7. The van der Waals surface area contributed by atoms with Gasteiger partial charge >= 0.3 is 0 Å². The van der Waals surface area contributed by atoms with E-state index < -0.39 is 65.7 Å². The standard InChI is InChI=1S/C56H84N26O7.2C10H8N2.Ru/c57-45(84)35(13-6-26-71-52(58)59)77-49(87)37(15-8-28-73-54(62)63)79-51(89)39(17-10-30-75-56(66)67)80-50(88)38(16-9-29-74-55(64)65)78-48(86)36(14-7-27-72-53(60)61)76-40(83)18-2-1-3-23-70-47(85)32-21-19-31(20-22-32)46-81-43-33-11-4-24-68-41(33)42-34(44(43)82-46)12-5-25-69-42;2*1-3-7-11-9(5-1)10-6-2-4-8-12-10;/h4-5,11-12,19-22,24-25,35-39H,1-3,6-10,13-18,23,26-30H2,(H2,57,84)(H,70,85)(H,76,83)(H,77,87)(H,78,86)(H,79,89)(H,80,88)(H,81,82)(H4,58,59,71)(H4,60,61,72)(H4,62,63,73)(H4,64,65,74)(H4,66,67,75);2*1-8H;. The number of H-pyrrole nitrogens is 1. The van der Waals surface area contributed by atoms with Gasteiger partial charge in [-0.2, -0.15) is 0 Å². The van der Waals surface area contributed by atoms with Crippen molar-refractivity contribution in [3.63, 3.8) is 0 Å². The Balaban J connectivity index is 0.000000676. The Kier molecular flexibility index (Phi) is 37.9. The Morgan fingerprint density at radius 1 is 0.360 bits per heavy atom. The molecule has 0 aliphatic heterocycles. The number of nitrogens with two attached hydrogens (primary N) is 11. The summed E-state index contributed by atoms with van der Waals surface area (Å²) in [5.41, 5.74) is 68.8. The Morgan fingerprint density at radius 3 is 1.08 bits per heavy atom. The maximum atomic E-state index is 14.4. The van der Waals surface area contributed by atoms with E-state index in [1.807, 2.05) is 109 Å².